The molecule has 1 atom stereocenters. The Kier molecular flexibility index (Phi) is 5.07. The van der Waals surface area contributed by atoms with Crippen molar-refractivity contribution in [2.24, 2.45) is 0 Å². The fourth-order valence-corrected chi connectivity index (χ4v) is 4.28. The van der Waals surface area contributed by atoms with E-state index in [9.17, 15) is 8.42 Å². The van der Waals surface area contributed by atoms with Crippen molar-refractivity contribution in [1.29, 1.82) is 0 Å². The molecule has 0 radical (unpaired) electrons. The summed E-state index contributed by atoms with van der Waals surface area (Å²) < 4.78 is 27.5. The zero-order valence-corrected chi connectivity index (χ0v) is 13.0. The molecule has 1 aromatic carbocycles. The van der Waals surface area contributed by atoms with E-state index in [1.165, 1.54) is 11.1 Å². The standard InChI is InChI=1S/C14H20N2O2S.ClH/c17-19(18,16-13-5-2-8-15-10-13)14-7-6-11-3-1-4-12(11)9-14;/h6-7,9,13,15-16H,1-5,8,10H2;1H. The molecule has 20 heavy (non-hydrogen) atoms. The van der Waals surface area contributed by atoms with E-state index in [0.29, 0.717) is 4.90 Å². The van der Waals surface area contributed by atoms with E-state index in [4.69, 9.17) is 0 Å². The highest BCUT2D eigenvalue weighted by Crippen LogP contribution is 2.24. The summed E-state index contributed by atoms with van der Waals surface area (Å²) in [5, 5.41) is 3.22. The second-order valence-corrected chi connectivity index (χ2v) is 7.16. The van der Waals surface area contributed by atoms with Crippen LogP contribution in [0.5, 0.6) is 0 Å². The van der Waals surface area contributed by atoms with Crippen LogP contribution < -0.4 is 10.0 Å². The van der Waals surface area contributed by atoms with Gasteiger partial charge in [-0.2, -0.15) is 0 Å². The molecule has 1 fully saturated rings. The lowest BCUT2D eigenvalue weighted by Gasteiger charge is -2.23. The molecule has 4 nitrogen and oxygen atoms in total. The molecule has 0 amide bonds. The Morgan fingerprint density at radius 1 is 1.15 bits per heavy atom. The lowest BCUT2D eigenvalue weighted by molar-refractivity contribution is 0.428. The summed E-state index contributed by atoms with van der Waals surface area (Å²) in [6, 6.07) is 5.58. The van der Waals surface area contributed by atoms with E-state index >= 15 is 0 Å². The minimum absolute atomic E-state index is 0. The molecule has 1 unspecified atom stereocenters. The van der Waals surface area contributed by atoms with Gasteiger partial charge in [0.05, 0.1) is 4.90 Å². The minimum atomic E-state index is -3.37. The van der Waals surface area contributed by atoms with E-state index in [1.807, 2.05) is 12.1 Å². The van der Waals surface area contributed by atoms with Crippen molar-refractivity contribution in [3.05, 3.63) is 29.3 Å². The van der Waals surface area contributed by atoms with E-state index in [0.717, 1.165) is 45.2 Å². The SMILES string of the molecule is Cl.O=S(=O)(NC1CCCNC1)c1ccc2c(c1)CCC2. The largest absolute Gasteiger partial charge is 0.315 e. The molecule has 0 saturated carbocycles. The van der Waals surface area contributed by atoms with Crippen LogP contribution >= 0.6 is 12.4 Å². The Bertz CT molecular complexity index is 569. The second-order valence-electron chi connectivity index (χ2n) is 5.45. The molecular weight excluding hydrogens is 296 g/mol. The third-order valence-electron chi connectivity index (χ3n) is 4.00. The molecule has 6 heteroatoms. The fourth-order valence-electron chi connectivity index (χ4n) is 2.96. The molecular formula is C14H21ClN2O2S. The average Bonchev–Trinajstić information content (AvgIpc) is 2.86. The number of fused-ring (bicyclic) bond motifs is 1. The van der Waals surface area contributed by atoms with Crippen molar-refractivity contribution in [2.75, 3.05) is 13.1 Å². The fraction of sp³-hybridized carbons (Fsp3) is 0.571. The Labute approximate surface area is 126 Å². The Morgan fingerprint density at radius 2 is 1.95 bits per heavy atom. The molecule has 1 aliphatic carbocycles. The maximum Gasteiger partial charge on any atom is 0.240 e. The maximum absolute atomic E-state index is 12.4. The van der Waals surface area contributed by atoms with Crippen LogP contribution in [0.2, 0.25) is 0 Å². The Balaban J connectivity index is 0.00000147. The summed E-state index contributed by atoms with van der Waals surface area (Å²) in [7, 11) is -3.37. The summed E-state index contributed by atoms with van der Waals surface area (Å²) in [5.41, 5.74) is 2.50. The average molecular weight is 317 g/mol. The van der Waals surface area contributed by atoms with Gasteiger partial charge >= 0.3 is 0 Å². The number of rotatable bonds is 3. The molecule has 2 N–H and O–H groups in total. The Hall–Kier alpha value is -0.620. The van der Waals surface area contributed by atoms with Gasteiger partial charge in [-0.3, -0.25) is 0 Å². The van der Waals surface area contributed by atoms with Gasteiger partial charge in [-0.05, 0) is 61.9 Å². The maximum atomic E-state index is 12.4. The quantitative estimate of drug-likeness (QED) is 0.891. The summed E-state index contributed by atoms with van der Waals surface area (Å²) in [6.07, 6.45) is 5.16. The van der Waals surface area contributed by atoms with Crippen LogP contribution in [0.25, 0.3) is 0 Å². The first-order valence-corrected chi connectivity index (χ1v) is 8.48. The monoisotopic (exact) mass is 316 g/mol. The molecule has 1 heterocycles. The van der Waals surface area contributed by atoms with Crippen molar-refractivity contribution in [2.45, 2.75) is 43.0 Å². The second kappa shape index (κ2) is 6.43. The van der Waals surface area contributed by atoms with Crippen LogP contribution in [-0.2, 0) is 22.9 Å². The van der Waals surface area contributed by atoms with Crippen molar-refractivity contribution in [3.8, 4) is 0 Å². The number of hydrogen-bond acceptors (Lipinski definition) is 3. The molecule has 1 aliphatic heterocycles. The molecule has 2 aliphatic rings. The first kappa shape index (κ1) is 15.8. The van der Waals surface area contributed by atoms with Crippen LogP contribution in [0.4, 0.5) is 0 Å². The highest BCUT2D eigenvalue weighted by Gasteiger charge is 2.23. The lowest BCUT2D eigenvalue weighted by Crippen LogP contribution is -2.45. The molecule has 112 valence electrons. The van der Waals surface area contributed by atoms with Gasteiger partial charge in [0.1, 0.15) is 0 Å². The normalized spacial score (nSPS) is 22.1. The summed E-state index contributed by atoms with van der Waals surface area (Å²) >= 11 is 0. The van der Waals surface area contributed by atoms with Gasteiger partial charge < -0.3 is 5.32 Å². The third kappa shape index (κ3) is 3.34. The van der Waals surface area contributed by atoms with Crippen molar-refractivity contribution in [1.82, 2.24) is 10.0 Å². The van der Waals surface area contributed by atoms with Gasteiger partial charge in [0.25, 0.3) is 0 Å². The molecule has 0 spiro atoms. The van der Waals surface area contributed by atoms with Gasteiger partial charge in [-0.15, -0.1) is 12.4 Å². The van der Waals surface area contributed by atoms with Crippen molar-refractivity contribution in [3.63, 3.8) is 0 Å². The summed E-state index contributed by atoms with van der Waals surface area (Å²) in [4.78, 5) is 0.415. The molecule has 0 aromatic heterocycles. The molecule has 0 bridgehead atoms. The van der Waals surface area contributed by atoms with Crippen LogP contribution in [0.1, 0.15) is 30.4 Å². The lowest BCUT2D eigenvalue weighted by atomic mass is 10.1. The van der Waals surface area contributed by atoms with E-state index in [1.54, 1.807) is 6.07 Å². The first-order valence-electron chi connectivity index (χ1n) is 7.00. The molecule has 3 rings (SSSR count). The van der Waals surface area contributed by atoms with Crippen LogP contribution in [0.15, 0.2) is 23.1 Å². The predicted octanol–water partition coefficient (Wildman–Crippen LogP) is 1.63. The number of aryl methyl sites for hydroxylation is 2. The minimum Gasteiger partial charge on any atom is -0.315 e. The van der Waals surface area contributed by atoms with Gasteiger partial charge in [0.15, 0.2) is 0 Å². The Morgan fingerprint density at radius 3 is 2.70 bits per heavy atom. The number of sulfonamides is 1. The predicted molar refractivity (Wildman–Crippen MR) is 81.9 cm³/mol. The number of piperidine rings is 1. The first-order chi connectivity index (χ1) is 9.15. The van der Waals surface area contributed by atoms with Gasteiger partial charge in [-0.1, -0.05) is 6.07 Å². The zero-order chi connectivity index (χ0) is 13.3. The number of hydrogen-bond donors (Lipinski definition) is 2. The number of halogens is 1. The van der Waals surface area contributed by atoms with E-state index in [-0.39, 0.29) is 18.4 Å². The highest BCUT2D eigenvalue weighted by molar-refractivity contribution is 7.89. The summed E-state index contributed by atoms with van der Waals surface area (Å²) in [6.45, 7) is 1.71. The summed E-state index contributed by atoms with van der Waals surface area (Å²) in [5.74, 6) is 0. The van der Waals surface area contributed by atoms with E-state index < -0.39 is 10.0 Å². The highest BCUT2D eigenvalue weighted by atomic mass is 35.5. The molecule has 1 saturated heterocycles. The van der Waals surface area contributed by atoms with Gasteiger partial charge in [0.2, 0.25) is 10.0 Å². The zero-order valence-electron chi connectivity index (χ0n) is 11.4. The topological polar surface area (TPSA) is 58.2 Å². The smallest absolute Gasteiger partial charge is 0.240 e. The van der Waals surface area contributed by atoms with Gasteiger partial charge in [-0.25, -0.2) is 13.1 Å². The van der Waals surface area contributed by atoms with Crippen LogP contribution in [0, 0.1) is 0 Å². The van der Waals surface area contributed by atoms with E-state index in [2.05, 4.69) is 10.0 Å². The van der Waals surface area contributed by atoms with Crippen molar-refractivity contribution >= 4 is 22.4 Å². The number of nitrogens with one attached hydrogen (secondary N) is 2. The number of benzene rings is 1. The molecule has 1 aromatic rings. The van der Waals surface area contributed by atoms with Gasteiger partial charge in [0, 0.05) is 12.6 Å². The van der Waals surface area contributed by atoms with Crippen LogP contribution in [-0.4, -0.2) is 27.5 Å². The van der Waals surface area contributed by atoms with Crippen molar-refractivity contribution < 1.29 is 8.42 Å². The van der Waals surface area contributed by atoms with Crippen LogP contribution in [0.3, 0.4) is 0 Å². The third-order valence-corrected chi connectivity index (χ3v) is 5.52.